The lowest BCUT2D eigenvalue weighted by Crippen LogP contribution is -2.61. The number of hydrogen-bond donors (Lipinski definition) is 5. The van der Waals surface area contributed by atoms with Gasteiger partial charge in [-0.1, -0.05) is 6.92 Å². The van der Waals surface area contributed by atoms with Crippen LogP contribution < -0.4 is 11.1 Å². The van der Waals surface area contributed by atoms with Crippen LogP contribution in [0.1, 0.15) is 20.3 Å². The van der Waals surface area contributed by atoms with Crippen LogP contribution in [0.4, 0.5) is 0 Å². The quantitative estimate of drug-likeness (QED) is 0.405. The van der Waals surface area contributed by atoms with Gasteiger partial charge in [0.05, 0.1) is 6.10 Å². The third-order valence-corrected chi connectivity index (χ3v) is 3.85. The minimum absolute atomic E-state index is 0.476. The molecule has 5 unspecified atom stereocenters. The molecule has 0 radical (unpaired) electrons. The molecule has 6 nitrogen and oxygen atoms in total. The monoisotopic (exact) mass is 296 g/mol. The van der Waals surface area contributed by atoms with Crippen LogP contribution in [0.15, 0.2) is 0 Å². The van der Waals surface area contributed by atoms with Gasteiger partial charge in [-0.2, -0.15) is 11.8 Å². The third-order valence-electron chi connectivity index (χ3n) is 2.87. The van der Waals surface area contributed by atoms with E-state index >= 15 is 0 Å². The van der Waals surface area contributed by atoms with Crippen molar-refractivity contribution in [1.29, 1.82) is 0 Å². The molecule has 0 bridgehead atoms. The molecule has 0 spiro atoms. The van der Waals surface area contributed by atoms with E-state index in [4.69, 9.17) is 4.74 Å². The van der Waals surface area contributed by atoms with Crippen molar-refractivity contribution in [3.63, 3.8) is 0 Å². The Kier molecular flexibility index (Phi) is 10.9. The minimum atomic E-state index is -1.15. The first-order valence-corrected chi connectivity index (χ1v) is 7.82. The number of ether oxygens (including phenoxy) is 1. The van der Waals surface area contributed by atoms with Crippen LogP contribution in [0.3, 0.4) is 0 Å². The minimum Gasteiger partial charge on any atom is -0.388 e. The van der Waals surface area contributed by atoms with Crippen LogP contribution in [0.2, 0.25) is 0 Å². The average molecular weight is 296 g/mol. The van der Waals surface area contributed by atoms with Gasteiger partial charge in [0, 0.05) is 0 Å². The Hall–Kier alpha value is 0.110. The van der Waals surface area contributed by atoms with Crippen molar-refractivity contribution in [2.45, 2.75) is 50.9 Å². The smallest absolute Gasteiger partial charge is 0.137 e. The summed E-state index contributed by atoms with van der Waals surface area (Å²) in [6, 6.07) is 0. The molecule has 0 saturated carbocycles. The first kappa shape index (κ1) is 19.1. The highest BCUT2D eigenvalue weighted by Crippen LogP contribution is 2.19. The number of nitrogens with two attached hydrogens (primary N) is 1. The number of hydrogen-bond acceptors (Lipinski definition) is 7. The second kappa shape index (κ2) is 10.8. The van der Waals surface area contributed by atoms with Gasteiger partial charge in [0.1, 0.15) is 24.5 Å². The van der Waals surface area contributed by atoms with Gasteiger partial charge in [0.15, 0.2) is 0 Å². The SMILES string of the molecule is CCSCCCNC1OC(C)C(O)C(O)C1O.CN. The number of nitrogens with one attached hydrogen (secondary N) is 1. The molecule has 0 aromatic rings. The number of rotatable bonds is 6. The van der Waals surface area contributed by atoms with Crippen LogP contribution in [0.5, 0.6) is 0 Å². The number of aliphatic hydroxyl groups excluding tert-OH is 3. The fraction of sp³-hybridized carbons (Fsp3) is 1.00. The van der Waals surface area contributed by atoms with Gasteiger partial charge in [-0.3, -0.25) is 5.32 Å². The molecule has 1 fully saturated rings. The lowest BCUT2D eigenvalue weighted by molar-refractivity contribution is -0.224. The summed E-state index contributed by atoms with van der Waals surface area (Å²) in [5, 5.41) is 31.9. The molecule has 0 aromatic heterocycles. The van der Waals surface area contributed by atoms with Crippen LogP contribution >= 0.6 is 11.8 Å². The van der Waals surface area contributed by atoms with Gasteiger partial charge in [-0.15, -0.1) is 0 Å². The summed E-state index contributed by atoms with van der Waals surface area (Å²) < 4.78 is 5.41. The molecular formula is C12H28N2O4S. The number of aliphatic hydroxyl groups is 3. The highest BCUT2D eigenvalue weighted by atomic mass is 32.2. The van der Waals surface area contributed by atoms with Crippen LogP contribution in [0.25, 0.3) is 0 Å². The Morgan fingerprint density at radius 1 is 1.16 bits per heavy atom. The summed E-state index contributed by atoms with van der Waals surface area (Å²) in [5.74, 6) is 2.16. The van der Waals surface area contributed by atoms with Crippen molar-refractivity contribution in [2.75, 3.05) is 25.1 Å². The second-order valence-corrected chi connectivity index (χ2v) is 5.63. The van der Waals surface area contributed by atoms with E-state index < -0.39 is 30.6 Å². The first-order valence-electron chi connectivity index (χ1n) is 6.66. The summed E-state index contributed by atoms with van der Waals surface area (Å²) in [7, 11) is 1.50. The maximum Gasteiger partial charge on any atom is 0.137 e. The maximum atomic E-state index is 9.73. The van der Waals surface area contributed by atoms with E-state index in [1.165, 1.54) is 7.05 Å². The van der Waals surface area contributed by atoms with Gasteiger partial charge in [-0.05, 0) is 38.4 Å². The molecule has 7 heteroatoms. The second-order valence-electron chi connectivity index (χ2n) is 4.24. The zero-order chi connectivity index (χ0) is 14.8. The predicted molar refractivity (Wildman–Crippen MR) is 78.1 cm³/mol. The largest absolute Gasteiger partial charge is 0.388 e. The summed E-state index contributed by atoms with van der Waals surface area (Å²) in [6.07, 6.45) is -3.36. The van der Waals surface area contributed by atoms with Crippen molar-refractivity contribution in [3.05, 3.63) is 0 Å². The Bertz CT molecular complexity index is 224. The maximum absolute atomic E-state index is 9.73. The molecule has 1 aliphatic heterocycles. The molecule has 116 valence electrons. The first-order chi connectivity index (χ1) is 9.07. The van der Waals surface area contributed by atoms with Crippen LogP contribution in [-0.2, 0) is 4.74 Å². The third kappa shape index (κ3) is 6.40. The van der Waals surface area contributed by atoms with Crippen molar-refractivity contribution in [1.82, 2.24) is 5.32 Å². The molecule has 6 N–H and O–H groups in total. The average Bonchev–Trinajstić information content (AvgIpc) is 2.44. The van der Waals surface area contributed by atoms with E-state index in [0.717, 1.165) is 24.5 Å². The summed E-state index contributed by atoms with van der Waals surface area (Å²) in [5.41, 5.74) is 4.50. The molecule has 1 aliphatic rings. The van der Waals surface area contributed by atoms with E-state index in [0.29, 0.717) is 0 Å². The van der Waals surface area contributed by atoms with Crippen molar-refractivity contribution in [2.24, 2.45) is 5.73 Å². The van der Waals surface area contributed by atoms with E-state index in [1.54, 1.807) is 6.92 Å². The Morgan fingerprint density at radius 2 is 1.79 bits per heavy atom. The topological polar surface area (TPSA) is 108 Å². The predicted octanol–water partition coefficient (Wildman–Crippen LogP) is -0.878. The Morgan fingerprint density at radius 3 is 2.37 bits per heavy atom. The Labute approximate surface area is 119 Å². The van der Waals surface area contributed by atoms with Gasteiger partial charge in [0.2, 0.25) is 0 Å². The zero-order valence-electron chi connectivity index (χ0n) is 12.0. The van der Waals surface area contributed by atoms with Gasteiger partial charge in [-0.25, -0.2) is 0 Å². The molecule has 19 heavy (non-hydrogen) atoms. The van der Waals surface area contributed by atoms with E-state index in [1.807, 2.05) is 11.8 Å². The fourth-order valence-electron chi connectivity index (χ4n) is 1.78. The van der Waals surface area contributed by atoms with Crippen molar-refractivity contribution in [3.8, 4) is 0 Å². The molecule has 0 aromatic carbocycles. The summed E-state index contributed by atoms with van der Waals surface area (Å²) in [4.78, 5) is 0. The molecular weight excluding hydrogens is 268 g/mol. The molecule has 1 heterocycles. The van der Waals surface area contributed by atoms with E-state index in [-0.39, 0.29) is 0 Å². The summed E-state index contributed by atoms with van der Waals surface area (Å²) in [6.45, 7) is 4.52. The highest BCUT2D eigenvalue weighted by Gasteiger charge is 2.41. The molecule has 0 amide bonds. The van der Waals surface area contributed by atoms with Crippen molar-refractivity contribution >= 4 is 11.8 Å². The highest BCUT2D eigenvalue weighted by molar-refractivity contribution is 7.99. The molecule has 1 saturated heterocycles. The van der Waals surface area contributed by atoms with Gasteiger partial charge < -0.3 is 25.8 Å². The van der Waals surface area contributed by atoms with Crippen molar-refractivity contribution < 1.29 is 20.1 Å². The Balaban J connectivity index is 0.00000154. The van der Waals surface area contributed by atoms with Crippen LogP contribution in [-0.4, -0.2) is 71.1 Å². The van der Waals surface area contributed by atoms with Gasteiger partial charge >= 0.3 is 0 Å². The lowest BCUT2D eigenvalue weighted by atomic mass is 9.99. The fourth-order valence-corrected chi connectivity index (χ4v) is 2.42. The normalized spacial score (nSPS) is 34.6. The molecule has 5 atom stereocenters. The number of thioether (sulfide) groups is 1. The van der Waals surface area contributed by atoms with E-state index in [9.17, 15) is 15.3 Å². The van der Waals surface area contributed by atoms with Crippen LogP contribution in [0, 0.1) is 0 Å². The molecule has 1 rings (SSSR count). The molecule has 0 aliphatic carbocycles. The van der Waals surface area contributed by atoms with Gasteiger partial charge in [0.25, 0.3) is 0 Å². The summed E-state index contributed by atoms with van der Waals surface area (Å²) >= 11 is 1.86. The van der Waals surface area contributed by atoms with E-state index in [2.05, 4.69) is 18.0 Å². The lowest BCUT2D eigenvalue weighted by Gasteiger charge is -2.39. The zero-order valence-corrected chi connectivity index (χ0v) is 12.8. The standard InChI is InChI=1S/C11H23NO4S.CH5N/c1-3-17-6-4-5-12-11-10(15)9(14)8(13)7(2)16-11;1-2/h7-15H,3-6H2,1-2H3;2H2,1H3.